The normalized spacial score (nSPS) is 10.3. The number of anilines is 1. The number of hydrogen-bond acceptors (Lipinski definition) is 6. The number of rotatable bonds is 9. The Morgan fingerprint density at radius 3 is 2.73 bits per heavy atom. The molecule has 1 N–H and O–H groups in total. The molecule has 0 radical (unpaired) electrons. The third-order valence-corrected chi connectivity index (χ3v) is 3.75. The summed E-state index contributed by atoms with van der Waals surface area (Å²) in [5.41, 5.74) is 2.14. The summed E-state index contributed by atoms with van der Waals surface area (Å²) < 4.78 is 13.0. The van der Waals surface area contributed by atoms with Crippen molar-refractivity contribution in [1.29, 1.82) is 0 Å². The summed E-state index contributed by atoms with van der Waals surface area (Å²) in [6.07, 6.45) is 1.74. The Hall–Kier alpha value is -3.35. The zero-order valence-corrected chi connectivity index (χ0v) is 14.6. The smallest absolute Gasteiger partial charge is 0.243 e. The van der Waals surface area contributed by atoms with Gasteiger partial charge in [-0.05, 0) is 33.7 Å². The largest absolute Gasteiger partial charge is 0.493 e. The number of allylic oxidation sites excluding steroid dienone is 1. The van der Waals surface area contributed by atoms with Crippen molar-refractivity contribution in [3.63, 3.8) is 0 Å². The predicted molar refractivity (Wildman–Crippen MR) is 99.1 cm³/mol. The van der Waals surface area contributed by atoms with E-state index in [1.165, 1.54) is 0 Å². The Morgan fingerprint density at radius 1 is 1.12 bits per heavy atom. The van der Waals surface area contributed by atoms with Gasteiger partial charge < -0.3 is 14.8 Å². The molecule has 0 unspecified atom stereocenters. The van der Waals surface area contributed by atoms with Crippen LogP contribution in [0.3, 0.4) is 0 Å². The molecule has 0 aliphatic heterocycles. The van der Waals surface area contributed by atoms with E-state index in [1.807, 2.05) is 48.5 Å². The summed E-state index contributed by atoms with van der Waals surface area (Å²) in [6, 6.07) is 15.8. The molecule has 0 bridgehead atoms. The molecule has 134 valence electrons. The van der Waals surface area contributed by atoms with Gasteiger partial charge in [-0.1, -0.05) is 47.6 Å². The summed E-state index contributed by atoms with van der Waals surface area (Å²) in [7, 11) is 1.63. The molecule has 7 nitrogen and oxygen atoms in total. The number of hydrogen-bond donors (Lipinski definition) is 1. The number of tetrazole rings is 1. The lowest BCUT2D eigenvalue weighted by molar-refractivity contribution is 0.284. The molecule has 0 saturated carbocycles. The molecule has 26 heavy (non-hydrogen) atoms. The van der Waals surface area contributed by atoms with Gasteiger partial charge in [0, 0.05) is 6.54 Å². The molecule has 0 aliphatic rings. The minimum atomic E-state index is 0.491. The van der Waals surface area contributed by atoms with Gasteiger partial charge in [0.2, 0.25) is 5.95 Å². The van der Waals surface area contributed by atoms with Crippen LogP contribution in [0.2, 0.25) is 0 Å². The molecule has 2 aromatic carbocycles. The third-order valence-electron chi connectivity index (χ3n) is 3.75. The number of nitrogens with one attached hydrogen (secondary N) is 1. The molecule has 0 aliphatic carbocycles. The minimum absolute atomic E-state index is 0.491. The van der Waals surface area contributed by atoms with Crippen molar-refractivity contribution in [2.24, 2.45) is 0 Å². The molecule has 7 heteroatoms. The van der Waals surface area contributed by atoms with Crippen molar-refractivity contribution in [1.82, 2.24) is 20.2 Å². The molecule has 0 spiro atoms. The highest BCUT2D eigenvalue weighted by Gasteiger charge is 2.08. The van der Waals surface area contributed by atoms with E-state index < -0.39 is 0 Å². The van der Waals surface area contributed by atoms with Crippen molar-refractivity contribution < 1.29 is 9.47 Å². The maximum Gasteiger partial charge on any atom is 0.243 e. The quantitative estimate of drug-likeness (QED) is 0.597. The molecule has 1 heterocycles. The Labute approximate surface area is 152 Å². The van der Waals surface area contributed by atoms with Crippen molar-refractivity contribution in [3.05, 3.63) is 72.3 Å². The number of ether oxygens (including phenoxy) is 2. The predicted octanol–water partition coefficient (Wildman–Crippen LogP) is 3.06. The topological polar surface area (TPSA) is 74.1 Å². The second kappa shape index (κ2) is 8.66. The Kier molecular flexibility index (Phi) is 5.82. The summed E-state index contributed by atoms with van der Waals surface area (Å²) >= 11 is 0. The van der Waals surface area contributed by atoms with E-state index in [1.54, 1.807) is 17.9 Å². The molecule has 0 amide bonds. The van der Waals surface area contributed by atoms with Crippen molar-refractivity contribution in [3.8, 4) is 11.5 Å². The van der Waals surface area contributed by atoms with E-state index in [9.17, 15) is 0 Å². The van der Waals surface area contributed by atoms with Crippen molar-refractivity contribution in [2.45, 2.75) is 19.7 Å². The molecule has 0 atom stereocenters. The minimum Gasteiger partial charge on any atom is -0.493 e. The van der Waals surface area contributed by atoms with Crippen LogP contribution >= 0.6 is 0 Å². The van der Waals surface area contributed by atoms with E-state index in [0.29, 0.717) is 37.1 Å². The van der Waals surface area contributed by atoms with Gasteiger partial charge in [0.25, 0.3) is 0 Å². The van der Waals surface area contributed by atoms with Crippen LogP contribution < -0.4 is 14.8 Å². The SMILES string of the molecule is C=CCn1nnnc1NCc1ccc(OCc2ccccc2)c(OC)c1. The molecule has 0 fully saturated rings. The second-order valence-corrected chi connectivity index (χ2v) is 5.59. The number of benzene rings is 2. The van der Waals surface area contributed by atoms with Gasteiger partial charge in [-0.25, -0.2) is 4.68 Å². The van der Waals surface area contributed by atoms with Crippen molar-refractivity contribution >= 4 is 5.95 Å². The molecule has 3 aromatic rings. The van der Waals surface area contributed by atoms with Gasteiger partial charge in [0.1, 0.15) is 6.61 Å². The van der Waals surface area contributed by atoms with Gasteiger partial charge in [0.05, 0.1) is 13.7 Å². The maximum atomic E-state index is 5.88. The molecule has 1 aromatic heterocycles. The van der Waals surface area contributed by atoms with E-state index in [2.05, 4.69) is 27.4 Å². The fourth-order valence-corrected chi connectivity index (χ4v) is 2.43. The third kappa shape index (κ3) is 4.38. The van der Waals surface area contributed by atoms with Gasteiger partial charge in [0.15, 0.2) is 11.5 Å². The zero-order valence-electron chi connectivity index (χ0n) is 14.6. The molecular formula is C19H21N5O2. The first kappa shape index (κ1) is 17.5. The zero-order chi connectivity index (χ0) is 18.2. The van der Waals surface area contributed by atoms with Gasteiger partial charge in [-0.15, -0.1) is 6.58 Å². The van der Waals surface area contributed by atoms with E-state index in [0.717, 1.165) is 11.1 Å². The molecular weight excluding hydrogens is 330 g/mol. The second-order valence-electron chi connectivity index (χ2n) is 5.59. The van der Waals surface area contributed by atoms with Crippen LogP contribution in [-0.2, 0) is 19.7 Å². The number of nitrogens with zero attached hydrogens (tertiary/aromatic N) is 4. The Balaban J connectivity index is 1.64. The monoisotopic (exact) mass is 351 g/mol. The number of aromatic nitrogens is 4. The lowest BCUT2D eigenvalue weighted by Crippen LogP contribution is -2.08. The van der Waals surface area contributed by atoms with Crippen LogP contribution in [0, 0.1) is 0 Å². The van der Waals surface area contributed by atoms with Crippen LogP contribution in [0.15, 0.2) is 61.2 Å². The van der Waals surface area contributed by atoms with Crippen molar-refractivity contribution in [2.75, 3.05) is 12.4 Å². The lowest BCUT2D eigenvalue weighted by Gasteiger charge is -2.13. The van der Waals surface area contributed by atoms with Gasteiger partial charge in [-0.2, -0.15) is 0 Å². The number of methoxy groups -OCH3 is 1. The van der Waals surface area contributed by atoms with Crippen LogP contribution in [0.4, 0.5) is 5.95 Å². The fourth-order valence-electron chi connectivity index (χ4n) is 2.43. The van der Waals surface area contributed by atoms with E-state index in [4.69, 9.17) is 9.47 Å². The highest BCUT2D eigenvalue weighted by atomic mass is 16.5. The summed E-state index contributed by atoms with van der Waals surface area (Å²) in [6.45, 7) is 5.29. The van der Waals surface area contributed by atoms with E-state index in [-0.39, 0.29) is 0 Å². The average molecular weight is 351 g/mol. The first-order valence-corrected chi connectivity index (χ1v) is 8.24. The van der Waals surface area contributed by atoms with E-state index >= 15 is 0 Å². The fraction of sp³-hybridized carbons (Fsp3) is 0.211. The van der Waals surface area contributed by atoms with Crippen LogP contribution in [0.5, 0.6) is 11.5 Å². The van der Waals surface area contributed by atoms with Crippen LogP contribution in [-0.4, -0.2) is 27.3 Å². The first-order valence-electron chi connectivity index (χ1n) is 8.24. The van der Waals surface area contributed by atoms with Gasteiger partial charge in [-0.3, -0.25) is 0 Å². The molecule has 3 rings (SSSR count). The Bertz CT molecular complexity index is 848. The van der Waals surface area contributed by atoms with Gasteiger partial charge >= 0.3 is 0 Å². The highest BCUT2D eigenvalue weighted by Crippen LogP contribution is 2.29. The molecule has 0 saturated heterocycles. The maximum absolute atomic E-state index is 5.88. The summed E-state index contributed by atoms with van der Waals surface area (Å²) in [5, 5.41) is 14.7. The lowest BCUT2D eigenvalue weighted by atomic mass is 10.2. The summed E-state index contributed by atoms with van der Waals surface area (Å²) in [5.74, 6) is 1.98. The first-order chi connectivity index (χ1) is 12.8. The van der Waals surface area contributed by atoms with Crippen LogP contribution in [0.25, 0.3) is 0 Å². The standard InChI is InChI=1S/C19H21N5O2/c1-3-11-24-19(21-22-23-24)20-13-16-9-10-17(18(12-16)25-2)26-14-15-7-5-4-6-8-15/h3-10,12H,1,11,13-14H2,2H3,(H,20,21,23). The highest BCUT2D eigenvalue weighted by molar-refractivity contribution is 5.44. The average Bonchev–Trinajstić information content (AvgIpc) is 3.13. The Morgan fingerprint density at radius 2 is 1.96 bits per heavy atom. The van der Waals surface area contributed by atoms with Crippen LogP contribution in [0.1, 0.15) is 11.1 Å². The summed E-state index contributed by atoms with van der Waals surface area (Å²) in [4.78, 5) is 0.